The van der Waals surface area contributed by atoms with E-state index in [1.807, 2.05) is 45.2 Å². The number of phenols is 1. The maximum Gasteiger partial charge on any atom is 0.294 e. The van der Waals surface area contributed by atoms with Crippen LogP contribution in [0.3, 0.4) is 0 Å². The molecule has 0 aromatic heterocycles. The minimum Gasteiger partial charge on any atom is -0.506 e. The lowest BCUT2D eigenvalue weighted by Crippen LogP contribution is -2.36. The van der Waals surface area contributed by atoms with E-state index in [1.165, 1.54) is 18.2 Å². The summed E-state index contributed by atoms with van der Waals surface area (Å²) in [6.45, 7) is -0.469. The molecule has 0 bridgehead atoms. The lowest BCUT2D eigenvalue weighted by Gasteiger charge is -2.12. The SMILES string of the molecule is O=C(CN1C(=O)S/C(=C/c2cc(I)c(O)c(I)c2)C1=O)Nc1cccc(F)c1. The Hall–Kier alpha value is -1.67. The van der Waals surface area contributed by atoms with Crippen molar-refractivity contribution in [2.45, 2.75) is 0 Å². The second-order valence-corrected chi connectivity index (χ2v) is 8.98. The summed E-state index contributed by atoms with van der Waals surface area (Å²) in [6, 6.07) is 8.69. The summed E-state index contributed by atoms with van der Waals surface area (Å²) in [5, 5.41) is 11.7. The molecule has 0 aliphatic carbocycles. The van der Waals surface area contributed by atoms with Crippen molar-refractivity contribution in [3.8, 4) is 5.75 Å². The van der Waals surface area contributed by atoms with Crippen molar-refractivity contribution < 1.29 is 23.9 Å². The van der Waals surface area contributed by atoms with Crippen LogP contribution in [0.15, 0.2) is 41.3 Å². The Morgan fingerprint density at radius 2 is 1.89 bits per heavy atom. The van der Waals surface area contributed by atoms with Crippen molar-refractivity contribution in [2.24, 2.45) is 0 Å². The smallest absolute Gasteiger partial charge is 0.294 e. The van der Waals surface area contributed by atoms with Gasteiger partial charge < -0.3 is 10.4 Å². The van der Waals surface area contributed by atoms with Gasteiger partial charge in [-0.2, -0.15) is 0 Å². The van der Waals surface area contributed by atoms with E-state index in [2.05, 4.69) is 5.32 Å². The Bertz CT molecular complexity index is 1010. The molecule has 0 unspecified atom stereocenters. The first kappa shape index (κ1) is 21.0. The van der Waals surface area contributed by atoms with Gasteiger partial charge in [0, 0.05) is 5.69 Å². The van der Waals surface area contributed by atoms with Crippen molar-refractivity contribution in [3.05, 3.63) is 59.8 Å². The molecule has 144 valence electrons. The van der Waals surface area contributed by atoms with Crippen molar-refractivity contribution in [2.75, 3.05) is 11.9 Å². The third-order valence-corrected chi connectivity index (χ3v) is 6.17. The van der Waals surface area contributed by atoms with E-state index in [0.29, 0.717) is 12.7 Å². The maximum atomic E-state index is 13.2. The minimum atomic E-state index is -0.608. The van der Waals surface area contributed by atoms with Crippen LogP contribution in [0.2, 0.25) is 0 Å². The van der Waals surface area contributed by atoms with Gasteiger partial charge in [0.05, 0.1) is 12.0 Å². The maximum absolute atomic E-state index is 13.2. The molecule has 0 atom stereocenters. The van der Waals surface area contributed by atoms with Crippen LogP contribution in [0.5, 0.6) is 5.75 Å². The van der Waals surface area contributed by atoms with Gasteiger partial charge in [0.25, 0.3) is 11.1 Å². The van der Waals surface area contributed by atoms with E-state index in [0.717, 1.165) is 22.7 Å². The van der Waals surface area contributed by atoms with Crippen LogP contribution in [0.25, 0.3) is 6.08 Å². The van der Waals surface area contributed by atoms with E-state index >= 15 is 0 Å². The number of nitrogens with zero attached hydrogens (tertiary/aromatic N) is 1. The number of amides is 3. The van der Waals surface area contributed by atoms with E-state index in [4.69, 9.17) is 0 Å². The summed E-state index contributed by atoms with van der Waals surface area (Å²) in [4.78, 5) is 37.8. The van der Waals surface area contributed by atoms with Crippen molar-refractivity contribution in [3.63, 3.8) is 0 Å². The molecule has 0 spiro atoms. The fourth-order valence-electron chi connectivity index (χ4n) is 2.37. The van der Waals surface area contributed by atoms with Crippen LogP contribution in [0.4, 0.5) is 14.9 Å². The van der Waals surface area contributed by atoms with Gasteiger partial charge in [0.15, 0.2) is 0 Å². The van der Waals surface area contributed by atoms with E-state index < -0.39 is 29.4 Å². The van der Waals surface area contributed by atoms with Crippen molar-refractivity contribution >= 4 is 85.8 Å². The fourth-order valence-corrected chi connectivity index (χ4v) is 5.02. The van der Waals surface area contributed by atoms with Crippen molar-refractivity contribution in [1.82, 2.24) is 4.90 Å². The number of rotatable bonds is 4. The standard InChI is InChI=1S/C18H11FI2N2O4S/c19-10-2-1-3-11(7-10)22-15(24)8-23-17(26)14(28-18(23)27)6-9-4-12(20)16(25)13(21)5-9/h1-7,25H,8H2,(H,22,24)/b14-6+. The van der Waals surface area contributed by atoms with Gasteiger partial charge in [-0.1, -0.05) is 6.07 Å². The molecule has 1 aliphatic heterocycles. The molecule has 3 rings (SSSR count). The Balaban J connectivity index is 1.73. The van der Waals surface area contributed by atoms with Gasteiger partial charge in [-0.25, -0.2) is 4.39 Å². The Kier molecular flexibility index (Phi) is 6.60. The first-order chi connectivity index (χ1) is 13.2. The topological polar surface area (TPSA) is 86.7 Å². The molecular formula is C18H11FI2N2O4S. The second kappa shape index (κ2) is 8.78. The zero-order valence-corrected chi connectivity index (χ0v) is 19.0. The van der Waals surface area contributed by atoms with E-state index in [9.17, 15) is 23.9 Å². The number of benzene rings is 2. The lowest BCUT2D eigenvalue weighted by molar-refractivity contribution is -0.127. The van der Waals surface area contributed by atoms with Crippen LogP contribution < -0.4 is 5.32 Å². The monoisotopic (exact) mass is 624 g/mol. The van der Waals surface area contributed by atoms with E-state index in [1.54, 1.807) is 18.2 Å². The molecule has 2 N–H and O–H groups in total. The van der Waals surface area contributed by atoms with Crippen LogP contribution in [0.1, 0.15) is 5.56 Å². The van der Waals surface area contributed by atoms with Crippen LogP contribution >= 0.6 is 56.9 Å². The van der Waals surface area contributed by atoms with E-state index in [-0.39, 0.29) is 16.3 Å². The first-order valence-corrected chi connectivity index (χ1v) is 10.7. The number of hydrogen-bond donors (Lipinski definition) is 2. The number of hydrogen-bond acceptors (Lipinski definition) is 5. The summed E-state index contributed by atoms with van der Waals surface area (Å²) in [5.74, 6) is -1.55. The molecule has 3 amide bonds. The lowest BCUT2D eigenvalue weighted by atomic mass is 10.2. The quantitative estimate of drug-likeness (QED) is 0.389. The molecule has 0 saturated carbocycles. The number of imide groups is 1. The molecule has 10 heteroatoms. The Morgan fingerprint density at radius 1 is 1.21 bits per heavy atom. The van der Waals surface area contributed by atoms with Crippen LogP contribution in [-0.2, 0) is 9.59 Å². The van der Waals surface area contributed by atoms with Gasteiger partial charge in [0.2, 0.25) is 5.91 Å². The summed E-state index contributed by atoms with van der Waals surface area (Å²) in [6.07, 6.45) is 1.54. The highest BCUT2D eigenvalue weighted by Crippen LogP contribution is 2.34. The van der Waals surface area contributed by atoms with Gasteiger partial charge in [-0.3, -0.25) is 19.3 Å². The van der Waals surface area contributed by atoms with Crippen LogP contribution in [0, 0.1) is 13.0 Å². The molecule has 2 aromatic rings. The molecule has 6 nitrogen and oxygen atoms in total. The zero-order chi connectivity index (χ0) is 20.4. The highest BCUT2D eigenvalue weighted by molar-refractivity contribution is 14.1. The normalized spacial score (nSPS) is 15.4. The minimum absolute atomic E-state index is 0.153. The predicted molar refractivity (Wildman–Crippen MR) is 121 cm³/mol. The zero-order valence-electron chi connectivity index (χ0n) is 13.9. The summed E-state index contributed by atoms with van der Waals surface area (Å²) >= 11 is 4.68. The number of nitrogens with one attached hydrogen (secondary N) is 1. The molecule has 0 radical (unpaired) electrons. The molecule has 1 saturated heterocycles. The number of carbonyl (C=O) groups is 3. The third kappa shape index (κ3) is 4.84. The fraction of sp³-hybridized carbons (Fsp3) is 0.0556. The largest absolute Gasteiger partial charge is 0.506 e. The summed E-state index contributed by atoms with van der Waals surface area (Å²) < 4.78 is 14.4. The number of phenolic OH excluding ortho intramolecular Hbond substituents is 1. The van der Waals surface area contributed by atoms with Gasteiger partial charge in [-0.05, 0) is 98.9 Å². The number of carbonyl (C=O) groups excluding carboxylic acids is 3. The number of halogens is 3. The first-order valence-electron chi connectivity index (χ1n) is 7.73. The summed E-state index contributed by atoms with van der Waals surface area (Å²) in [5.41, 5.74) is 0.891. The van der Waals surface area contributed by atoms with Gasteiger partial charge in [-0.15, -0.1) is 0 Å². The number of thioether (sulfide) groups is 1. The van der Waals surface area contributed by atoms with Gasteiger partial charge >= 0.3 is 0 Å². The Morgan fingerprint density at radius 3 is 2.54 bits per heavy atom. The second-order valence-electron chi connectivity index (χ2n) is 5.66. The Labute approximate surface area is 190 Å². The summed E-state index contributed by atoms with van der Waals surface area (Å²) in [7, 11) is 0. The average Bonchev–Trinajstić information content (AvgIpc) is 2.87. The highest BCUT2D eigenvalue weighted by atomic mass is 127. The molecule has 1 heterocycles. The molecule has 1 fully saturated rings. The number of anilines is 1. The average molecular weight is 624 g/mol. The van der Waals surface area contributed by atoms with Gasteiger partial charge in [0.1, 0.15) is 18.1 Å². The molecule has 28 heavy (non-hydrogen) atoms. The van der Waals surface area contributed by atoms with Crippen LogP contribution in [-0.4, -0.2) is 33.6 Å². The number of aromatic hydroxyl groups is 1. The predicted octanol–water partition coefficient (Wildman–Crippen LogP) is 4.42. The molecule has 2 aromatic carbocycles. The molecule has 1 aliphatic rings. The third-order valence-electron chi connectivity index (χ3n) is 3.62. The molecular weight excluding hydrogens is 613 g/mol. The van der Waals surface area contributed by atoms with Crippen molar-refractivity contribution in [1.29, 1.82) is 0 Å². The highest BCUT2D eigenvalue weighted by Gasteiger charge is 2.36.